The first-order valence-corrected chi connectivity index (χ1v) is 12.3. The number of nitrogens with one attached hydrogen (secondary N) is 2. The van der Waals surface area contributed by atoms with Crippen LogP contribution in [-0.4, -0.2) is 26.7 Å². The molecule has 8 aliphatic rings. The van der Waals surface area contributed by atoms with Crippen LogP contribution in [0.15, 0.2) is 4.99 Å². The summed E-state index contributed by atoms with van der Waals surface area (Å²) in [6.07, 6.45) is 15.9. The zero-order valence-electron chi connectivity index (χ0n) is 16.7. The summed E-state index contributed by atoms with van der Waals surface area (Å²) >= 11 is 1.19. The van der Waals surface area contributed by atoms with Gasteiger partial charge in [0.25, 0.3) is 5.23 Å². The van der Waals surface area contributed by atoms with Crippen molar-refractivity contribution in [1.82, 2.24) is 5.32 Å². The van der Waals surface area contributed by atoms with Gasteiger partial charge in [-0.05, 0) is 113 Å². The van der Waals surface area contributed by atoms with Crippen LogP contribution in [0, 0.1) is 40.9 Å². The normalized spacial score (nSPS) is 50.8. The highest BCUT2D eigenvalue weighted by atomic mass is 32.2. The Labute approximate surface area is 171 Å². The summed E-state index contributed by atoms with van der Waals surface area (Å²) in [6, 6.07) is 0. The minimum Gasteiger partial charge on any atom is -0.359 e. The van der Waals surface area contributed by atoms with Crippen molar-refractivity contribution in [1.29, 1.82) is 5.41 Å². The van der Waals surface area contributed by atoms with Crippen molar-refractivity contribution in [2.45, 2.75) is 88.1 Å². The van der Waals surface area contributed by atoms with E-state index in [-0.39, 0.29) is 16.3 Å². The summed E-state index contributed by atoms with van der Waals surface area (Å²) in [5.41, 5.74) is 0.237. The Morgan fingerprint density at radius 2 is 1.25 bits per heavy atom. The third-order valence-corrected chi connectivity index (χ3v) is 9.67. The Hall–Kier alpha value is -0.750. The molecule has 8 saturated carbocycles. The molecule has 28 heavy (non-hydrogen) atoms. The Bertz CT molecular complexity index is 635. The van der Waals surface area contributed by atoms with Gasteiger partial charge < -0.3 is 10.2 Å². The van der Waals surface area contributed by atoms with Gasteiger partial charge in [-0.25, -0.2) is 5.26 Å². The largest absolute Gasteiger partial charge is 0.359 e. The first kappa shape index (κ1) is 18.1. The topological polar surface area (TPSA) is 77.7 Å². The second-order valence-electron chi connectivity index (χ2n) is 11.4. The van der Waals surface area contributed by atoms with Crippen molar-refractivity contribution in [2.24, 2.45) is 40.5 Å². The van der Waals surface area contributed by atoms with Crippen LogP contribution in [0.2, 0.25) is 0 Å². The van der Waals surface area contributed by atoms with Crippen LogP contribution in [0.3, 0.4) is 0 Å². The van der Waals surface area contributed by atoms with Gasteiger partial charge in [0.05, 0.1) is 5.54 Å². The van der Waals surface area contributed by atoms with E-state index < -0.39 is 0 Å². The van der Waals surface area contributed by atoms with Crippen molar-refractivity contribution in [3.8, 4) is 0 Å². The molecule has 0 unspecified atom stereocenters. The Balaban J connectivity index is 1.29. The van der Waals surface area contributed by atoms with Crippen LogP contribution in [0.4, 0.5) is 0 Å². The number of aliphatic imine (C=N–C) groups is 1. The van der Waals surface area contributed by atoms with Crippen molar-refractivity contribution in [2.75, 3.05) is 0 Å². The molecule has 0 heterocycles. The van der Waals surface area contributed by atoms with Crippen molar-refractivity contribution < 1.29 is 10.1 Å². The standard InChI is InChI=1S/C22H33N3O2S/c23-19(27-26)28-20(24-21-7-13-1-14(8-21)3-15(2-13)9-21)25-22-10-16-4-17(11-22)6-18(5-16)12-22/h13-18,23,26H,1-12H2,(H,24,25). The molecule has 8 fully saturated rings. The van der Waals surface area contributed by atoms with Crippen molar-refractivity contribution in [3.05, 3.63) is 0 Å². The number of amidine groups is 1. The molecule has 0 spiro atoms. The van der Waals surface area contributed by atoms with Crippen LogP contribution < -0.4 is 5.32 Å². The van der Waals surface area contributed by atoms with Crippen molar-refractivity contribution >= 4 is 22.2 Å². The zero-order valence-corrected chi connectivity index (χ0v) is 17.5. The smallest absolute Gasteiger partial charge is 0.291 e. The summed E-state index contributed by atoms with van der Waals surface area (Å²) in [5, 5.41) is 21.5. The lowest BCUT2D eigenvalue weighted by molar-refractivity contribution is -0.151. The number of rotatable bonds is 2. The quantitative estimate of drug-likeness (QED) is 0.262. The molecule has 154 valence electrons. The molecule has 0 atom stereocenters. The summed E-state index contributed by atoms with van der Waals surface area (Å²) in [7, 11) is 0. The SMILES string of the molecule is N=C(OO)SC(=NC12CC3CC(CC(C3)C1)C2)NC12CC3CC(CC(C3)C1)C2. The lowest BCUT2D eigenvalue weighted by atomic mass is 9.53. The van der Waals surface area contributed by atoms with E-state index in [2.05, 4.69) is 10.2 Å². The molecule has 8 rings (SSSR count). The van der Waals surface area contributed by atoms with E-state index in [1.54, 1.807) is 0 Å². The highest BCUT2D eigenvalue weighted by Gasteiger charge is 2.53. The van der Waals surface area contributed by atoms with E-state index in [0.717, 1.165) is 40.7 Å². The van der Waals surface area contributed by atoms with Gasteiger partial charge in [-0.3, -0.25) is 10.4 Å². The molecule has 0 aliphatic heterocycles. The van der Waals surface area contributed by atoms with E-state index in [0.29, 0.717) is 0 Å². The molecular formula is C22H33N3O2S. The lowest BCUT2D eigenvalue weighted by Gasteiger charge is -2.57. The molecule has 0 radical (unpaired) electrons. The van der Waals surface area contributed by atoms with E-state index in [9.17, 15) is 0 Å². The average Bonchev–Trinajstić information content (AvgIpc) is 2.58. The minimum atomic E-state index is -0.166. The van der Waals surface area contributed by atoms with Gasteiger partial charge in [-0.1, -0.05) is 0 Å². The zero-order chi connectivity index (χ0) is 18.9. The number of hydrogen-bond acceptors (Lipinski definition) is 5. The van der Waals surface area contributed by atoms with Crippen LogP contribution in [0.5, 0.6) is 0 Å². The molecule has 8 aliphatic carbocycles. The predicted octanol–water partition coefficient (Wildman–Crippen LogP) is 5.03. The van der Waals surface area contributed by atoms with Crippen LogP contribution in [-0.2, 0) is 4.89 Å². The summed E-state index contributed by atoms with van der Waals surface area (Å²) in [5.74, 6) is 5.19. The first-order valence-electron chi connectivity index (χ1n) is 11.5. The summed E-state index contributed by atoms with van der Waals surface area (Å²) in [6.45, 7) is 0. The maximum atomic E-state index is 9.01. The Morgan fingerprint density at radius 1 is 0.821 bits per heavy atom. The lowest BCUT2D eigenvalue weighted by Crippen LogP contribution is -2.60. The maximum absolute atomic E-state index is 9.01. The first-order chi connectivity index (χ1) is 13.5. The molecule has 0 aromatic rings. The van der Waals surface area contributed by atoms with E-state index in [1.807, 2.05) is 0 Å². The van der Waals surface area contributed by atoms with Crippen LogP contribution in [0.1, 0.15) is 77.0 Å². The third-order valence-electron chi connectivity index (χ3n) is 9.03. The molecule has 5 nitrogen and oxygen atoms in total. The molecular weight excluding hydrogens is 370 g/mol. The minimum absolute atomic E-state index is 0.0715. The summed E-state index contributed by atoms with van der Waals surface area (Å²) in [4.78, 5) is 9.62. The van der Waals surface area contributed by atoms with Gasteiger partial charge in [0.15, 0.2) is 5.17 Å². The highest BCUT2D eigenvalue weighted by Crippen LogP contribution is 2.58. The number of nitrogens with zero attached hydrogens (tertiary/aromatic N) is 1. The Kier molecular flexibility index (Phi) is 4.11. The predicted molar refractivity (Wildman–Crippen MR) is 111 cm³/mol. The van der Waals surface area contributed by atoms with Gasteiger partial charge in [0, 0.05) is 17.3 Å². The van der Waals surface area contributed by atoms with Crippen LogP contribution in [0.25, 0.3) is 0 Å². The highest BCUT2D eigenvalue weighted by molar-refractivity contribution is 8.26. The van der Waals surface area contributed by atoms with E-state index in [1.165, 1.54) is 88.8 Å². The Morgan fingerprint density at radius 3 is 1.68 bits per heavy atom. The van der Waals surface area contributed by atoms with Gasteiger partial charge >= 0.3 is 0 Å². The second kappa shape index (κ2) is 6.37. The third kappa shape index (κ3) is 3.10. The fraction of sp³-hybridized carbons (Fsp3) is 0.909. The van der Waals surface area contributed by atoms with E-state index >= 15 is 0 Å². The van der Waals surface area contributed by atoms with Gasteiger partial charge in [0.2, 0.25) is 0 Å². The molecule has 6 heteroatoms. The van der Waals surface area contributed by atoms with Gasteiger partial charge in [-0.2, -0.15) is 0 Å². The molecule has 8 bridgehead atoms. The molecule has 0 aromatic heterocycles. The monoisotopic (exact) mass is 403 g/mol. The second-order valence-corrected chi connectivity index (χ2v) is 12.3. The maximum Gasteiger partial charge on any atom is 0.291 e. The van der Waals surface area contributed by atoms with Crippen molar-refractivity contribution in [3.63, 3.8) is 0 Å². The molecule has 0 saturated heterocycles. The molecule has 3 N–H and O–H groups in total. The fourth-order valence-electron chi connectivity index (χ4n) is 9.09. The van der Waals surface area contributed by atoms with Gasteiger partial charge in [-0.15, -0.1) is 0 Å². The average molecular weight is 404 g/mol. The fourth-order valence-corrected chi connectivity index (χ4v) is 9.81. The summed E-state index contributed by atoms with van der Waals surface area (Å²) < 4.78 is 0. The molecule has 0 aromatic carbocycles. The van der Waals surface area contributed by atoms with Gasteiger partial charge in [0.1, 0.15) is 0 Å². The molecule has 0 amide bonds. The number of thioether (sulfide) groups is 1. The number of hydrogen-bond donors (Lipinski definition) is 3. The van der Waals surface area contributed by atoms with Crippen LogP contribution >= 0.6 is 11.8 Å². The van der Waals surface area contributed by atoms with E-state index in [4.69, 9.17) is 15.7 Å².